The maximum Gasteiger partial charge on any atom is 0.243 e. The molecule has 0 aliphatic rings. The van der Waals surface area contributed by atoms with Gasteiger partial charge < -0.3 is 15.3 Å². The summed E-state index contributed by atoms with van der Waals surface area (Å²) in [4.78, 5) is 24.8. The number of nitrogens with zero attached hydrogens (tertiary/aromatic N) is 1. The van der Waals surface area contributed by atoms with Crippen LogP contribution in [-0.2, 0) is 9.59 Å². The number of nitrogens with one attached hydrogen (secondary N) is 1. The fourth-order valence-corrected chi connectivity index (χ4v) is 1.60. The molecular formula is C14H20N2O3. The summed E-state index contributed by atoms with van der Waals surface area (Å²) in [5, 5.41) is 11.4. The Morgan fingerprint density at radius 3 is 2.53 bits per heavy atom. The van der Waals surface area contributed by atoms with E-state index >= 15 is 0 Å². The van der Waals surface area contributed by atoms with Gasteiger partial charge in [-0.15, -0.1) is 0 Å². The van der Waals surface area contributed by atoms with Gasteiger partial charge in [-0.3, -0.25) is 9.59 Å². The summed E-state index contributed by atoms with van der Waals surface area (Å²) in [7, 11) is 1.60. The zero-order valence-electron chi connectivity index (χ0n) is 11.1. The van der Waals surface area contributed by atoms with Crippen LogP contribution in [0.25, 0.3) is 0 Å². The van der Waals surface area contributed by atoms with Gasteiger partial charge in [-0.2, -0.15) is 0 Å². The highest BCUT2D eigenvalue weighted by Crippen LogP contribution is 2.05. The standard InChI is InChI=1S/C14H20N2O3/c1-16(14(19)9-5-6-10-17)11-13(18)15-12-7-3-2-4-8-12/h2-4,7-8,17H,5-6,9-11H2,1H3,(H,15,18). The Morgan fingerprint density at radius 2 is 1.89 bits per heavy atom. The van der Waals surface area contributed by atoms with Crippen molar-refractivity contribution in [3.63, 3.8) is 0 Å². The number of benzene rings is 1. The lowest BCUT2D eigenvalue weighted by Crippen LogP contribution is -2.34. The molecule has 0 fully saturated rings. The summed E-state index contributed by atoms with van der Waals surface area (Å²) < 4.78 is 0. The van der Waals surface area contributed by atoms with Gasteiger partial charge in [0.1, 0.15) is 0 Å². The monoisotopic (exact) mass is 264 g/mol. The lowest BCUT2D eigenvalue weighted by atomic mass is 10.2. The van der Waals surface area contributed by atoms with E-state index in [-0.39, 0.29) is 25.0 Å². The fraction of sp³-hybridized carbons (Fsp3) is 0.429. The molecule has 19 heavy (non-hydrogen) atoms. The molecule has 0 atom stereocenters. The second kappa shape index (κ2) is 8.26. The number of carbonyl (C=O) groups excluding carboxylic acids is 2. The van der Waals surface area contributed by atoms with Crippen molar-refractivity contribution in [2.45, 2.75) is 19.3 Å². The molecule has 0 unspecified atom stereocenters. The molecular weight excluding hydrogens is 244 g/mol. The quantitative estimate of drug-likeness (QED) is 0.728. The van der Waals surface area contributed by atoms with Gasteiger partial charge in [0.2, 0.25) is 11.8 Å². The van der Waals surface area contributed by atoms with Gasteiger partial charge in [-0.05, 0) is 25.0 Å². The average Bonchev–Trinajstić information content (AvgIpc) is 2.39. The average molecular weight is 264 g/mol. The second-order valence-corrected chi connectivity index (χ2v) is 4.34. The van der Waals surface area contributed by atoms with Gasteiger partial charge >= 0.3 is 0 Å². The number of carbonyl (C=O) groups is 2. The molecule has 1 aromatic rings. The van der Waals surface area contributed by atoms with Crippen molar-refractivity contribution in [3.05, 3.63) is 30.3 Å². The zero-order valence-corrected chi connectivity index (χ0v) is 11.1. The first-order valence-corrected chi connectivity index (χ1v) is 6.33. The Kier molecular flexibility index (Phi) is 6.60. The van der Waals surface area contributed by atoms with Crippen LogP contribution in [0.4, 0.5) is 5.69 Å². The fourth-order valence-electron chi connectivity index (χ4n) is 1.60. The third-order valence-electron chi connectivity index (χ3n) is 2.66. The minimum atomic E-state index is -0.218. The van der Waals surface area contributed by atoms with Crippen LogP contribution in [0, 0.1) is 0 Å². The predicted molar refractivity (Wildman–Crippen MR) is 73.6 cm³/mol. The van der Waals surface area contributed by atoms with Crippen molar-refractivity contribution in [3.8, 4) is 0 Å². The third-order valence-corrected chi connectivity index (χ3v) is 2.66. The molecule has 0 radical (unpaired) electrons. The van der Waals surface area contributed by atoms with E-state index in [0.717, 1.165) is 0 Å². The van der Waals surface area contributed by atoms with Crippen molar-refractivity contribution in [1.29, 1.82) is 0 Å². The molecule has 1 aromatic carbocycles. The Hall–Kier alpha value is -1.88. The van der Waals surface area contributed by atoms with Crippen LogP contribution >= 0.6 is 0 Å². The zero-order chi connectivity index (χ0) is 14.1. The number of unbranched alkanes of at least 4 members (excludes halogenated alkanes) is 1. The van der Waals surface area contributed by atoms with Gasteiger partial charge in [0.25, 0.3) is 0 Å². The largest absolute Gasteiger partial charge is 0.396 e. The van der Waals surface area contributed by atoms with Gasteiger partial charge in [0, 0.05) is 25.8 Å². The normalized spacial score (nSPS) is 10.0. The van der Waals surface area contributed by atoms with E-state index in [9.17, 15) is 9.59 Å². The van der Waals surface area contributed by atoms with E-state index < -0.39 is 0 Å². The molecule has 0 aromatic heterocycles. The van der Waals surface area contributed by atoms with E-state index in [1.165, 1.54) is 4.90 Å². The molecule has 0 aliphatic carbocycles. The highest BCUT2D eigenvalue weighted by Gasteiger charge is 2.12. The number of likely N-dealkylation sites (N-methyl/N-ethyl adjacent to an activating group) is 1. The SMILES string of the molecule is CN(CC(=O)Nc1ccccc1)C(=O)CCCCO. The van der Waals surface area contributed by atoms with Crippen molar-refractivity contribution >= 4 is 17.5 Å². The molecule has 2 amide bonds. The number of hydrogen-bond acceptors (Lipinski definition) is 3. The Morgan fingerprint density at radius 1 is 1.21 bits per heavy atom. The van der Waals surface area contributed by atoms with Crippen molar-refractivity contribution in [2.75, 3.05) is 25.5 Å². The molecule has 5 nitrogen and oxygen atoms in total. The van der Waals surface area contributed by atoms with Crippen LogP contribution in [0.15, 0.2) is 30.3 Å². The maximum absolute atomic E-state index is 11.7. The summed E-state index contributed by atoms with van der Waals surface area (Å²) >= 11 is 0. The van der Waals surface area contributed by atoms with Crippen LogP contribution < -0.4 is 5.32 Å². The van der Waals surface area contributed by atoms with Crippen LogP contribution in [0.5, 0.6) is 0 Å². The summed E-state index contributed by atoms with van der Waals surface area (Å²) in [6, 6.07) is 9.12. The molecule has 0 saturated carbocycles. The number of anilines is 1. The van der Waals surface area contributed by atoms with E-state index in [1.54, 1.807) is 19.2 Å². The number of aliphatic hydroxyl groups excluding tert-OH is 1. The number of aliphatic hydroxyl groups is 1. The molecule has 0 saturated heterocycles. The van der Waals surface area contributed by atoms with Crippen molar-refractivity contribution in [2.24, 2.45) is 0 Å². The number of para-hydroxylation sites is 1. The molecule has 0 aliphatic heterocycles. The van der Waals surface area contributed by atoms with Crippen LogP contribution in [0.1, 0.15) is 19.3 Å². The number of rotatable bonds is 7. The number of amides is 2. The number of hydrogen-bond donors (Lipinski definition) is 2. The molecule has 0 spiro atoms. The Labute approximate surface area is 113 Å². The van der Waals surface area contributed by atoms with Crippen LogP contribution in [-0.4, -0.2) is 42.0 Å². The minimum absolute atomic E-state index is 0.0346. The summed E-state index contributed by atoms with van der Waals surface area (Å²) in [6.07, 6.45) is 1.60. The maximum atomic E-state index is 11.7. The summed E-state index contributed by atoms with van der Waals surface area (Å²) in [5.41, 5.74) is 0.716. The van der Waals surface area contributed by atoms with Crippen molar-refractivity contribution in [1.82, 2.24) is 4.90 Å². The van der Waals surface area contributed by atoms with Gasteiger partial charge in [-0.25, -0.2) is 0 Å². The first-order valence-electron chi connectivity index (χ1n) is 6.33. The third kappa shape index (κ3) is 6.01. The summed E-state index contributed by atoms with van der Waals surface area (Å²) in [6.45, 7) is 0.123. The van der Waals surface area contributed by atoms with Gasteiger partial charge in [-0.1, -0.05) is 18.2 Å². The predicted octanol–water partition coefficient (Wildman–Crippen LogP) is 1.25. The van der Waals surface area contributed by atoms with Crippen LogP contribution in [0.2, 0.25) is 0 Å². The highest BCUT2D eigenvalue weighted by atomic mass is 16.3. The van der Waals surface area contributed by atoms with Gasteiger partial charge in [0.05, 0.1) is 6.54 Å². The molecule has 0 heterocycles. The molecule has 0 bridgehead atoms. The smallest absolute Gasteiger partial charge is 0.243 e. The topological polar surface area (TPSA) is 69.6 Å². The molecule has 1 rings (SSSR count). The van der Waals surface area contributed by atoms with E-state index in [0.29, 0.717) is 24.9 Å². The highest BCUT2D eigenvalue weighted by molar-refractivity contribution is 5.94. The van der Waals surface area contributed by atoms with Crippen molar-refractivity contribution < 1.29 is 14.7 Å². The minimum Gasteiger partial charge on any atom is -0.396 e. The summed E-state index contributed by atoms with van der Waals surface area (Å²) in [5.74, 6) is -0.305. The lowest BCUT2D eigenvalue weighted by Gasteiger charge is -2.16. The Bertz CT molecular complexity index is 406. The second-order valence-electron chi connectivity index (χ2n) is 4.34. The first kappa shape index (κ1) is 15.2. The molecule has 2 N–H and O–H groups in total. The van der Waals surface area contributed by atoms with E-state index in [2.05, 4.69) is 5.32 Å². The van der Waals surface area contributed by atoms with Gasteiger partial charge in [0.15, 0.2) is 0 Å². The van der Waals surface area contributed by atoms with Crippen LogP contribution in [0.3, 0.4) is 0 Å². The molecule has 5 heteroatoms. The molecule has 104 valence electrons. The van der Waals surface area contributed by atoms with E-state index in [4.69, 9.17) is 5.11 Å². The first-order chi connectivity index (χ1) is 9.13. The van der Waals surface area contributed by atoms with E-state index in [1.807, 2.05) is 18.2 Å². The lowest BCUT2D eigenvalue weighted by molar-refractivity contribution is -0.133. The Balaban J connectivity index is 2.33.